The Morgan fingerprint density at radius 1 is 1.23 bits per heavy atom. The van der Waals surface area contributed by atoms with E-state index in [2.05, 4.69) is 10.6 Å². The monoisotopic (exact) mass is 296 g/mol. The standard InChI is InChI=1S/C17H16N2O3/c1-22-14-5-3-12(4-6-14)17(21)18-10-11-2-7-15-13(8-11)9-16(20)19-15/h2-8H,9-10H2,1H3,(H,18,21)(H,19,20). The first-order valence-corrected chi connectivity index (χ1v) is 6.99. The van der Waals surface area contributed by atoms with E-state index in [1.807, 2.05) is 18.2 Å². The van der Waals surface area contributed by atoms with Gasteiger partial charge >= 0.3 is 0 Å². The molecule has 0 spiro atoms. The average Bonchev–Trinajstić information content (AvgIpc) is 2.92. The summed E-state index contributed by atoms with van der Waals surface area (Å²) in [6, 6.07) is 12.7. The molecule has 5 nitrogen and oxygen atoms in total. The summed E-state index contributed by atoms with van der Waals surface area (Å²) in [5.41, 5.74) is 3.38. The Labute approximate surface area is 128 Å². The molecule has 22 heavy (non-hydrogen) atoms. The molecule has 3 rings (SSSR count). The number of hydrogen-bond donors (Lipinski definition) is 2. The highest BCUT2D eigenvalue weighted by molar-refractivity contribution is 5.99. The minimum Gasteiger partial charge on any atom is -0.497 e. The summed E-state index contributed by atoms with van der Waals surface area (Å²) >= 11 is 0. The molecule has 2 amide bonds. The van der Waals surface area contributed by atoms with Crippen LogP contribution in [0.2, 0.25) is 0 Å². The molecule has 0 radical (unpaired) electrons. The van der Waals surface area contributed by atoms with Gasteiger partial charge in [-0.25, -0.2) is 0 Å². The van der Waals surface area contributed by atoms with Crippen molar-refractivity contribution in [3.63, 3.8) is 0 Å². The van der Waals surface area contributed by atoms with Gasteiger partial charge in [-0.15, -0.1) is 0 Å². The maximum Gasteiger partial charge on any atom is 0.251 e. The summed E-state index contributed by atoms with van der Waals surface area (Å²) in [4.78, 5) is 23.4. The van der Waals surface area contributed by atoms with Crippen LogP contribution in [0.4, 0.5) is 5.69 Å². The molecular formula is C17H16N2O3. The minimum absolute atomic E-state index is 0.00872. The Morgan fingerprint density at radius 3 is 2.73 bits per heavy atom. The smallest absolute Gasteiger partial charge is 0.251 e. The van der Waals surface area contributed by atoms with Crippen LogP contribution >= 0.6 is 0 Å². The number of amides is 2. The highest BCUT2D eigenvalue weighted by Crippen LogP contribution is 2.23. The van der Waals surface area contributed by atoms with Gasteiger partial charge in [-0.1, -0.05) is 12.1 Å². The number of benzene rings is 2. The number of carbonyl (C=O) groups excluding carboxylic acids is 2. The van der Waals surface area contributed by atoms with E-state index in [1.165, 1.54) is 0 Å². The average molecular weight is 296 g/mol. The third-order valence-corrected chi connectivity index (χ3v) is 3.60. The van der Waals surface area contributed by atoms with Crippen molar-refractivity contribution in [2.24, 2.45) is 0 Å². The van der Waals surface area contributed by atoms with Gasteiger partial charge in [0.05, 0.1) is 13.5 Å². The fourth-order valence-electron chi connectivity index (χ4n) is 2.42. The lowest BCUT2D eigenvalue weighted by molar-refractivity contribution is -0.115. The molecule has 0 aliphatic carbocycles. The molecule has 1 aliphatic rings. The van der Waals surface area contributed by atoms with E-state index in [0.29, 0.717) is 24.3 Å². The van der Waals surface area contributed by atoms with Crippen LogP contribution in [0.15, 0.2) is 42.5 Å². The number of methoxy groups -OCH3 is 1. The largest absolute Gasteiger partial charge is 0.497 e. The van der Waals surface area contributed by atoms with E-state index in [0.717, 1.165) is 16.8 Å². The van der Waals surface area contributed by atoms with Crippen LogP contribution in [0.1, 0.15) is 21.5 Å². The van der Waals surface area contributed by atoms with Gasteiger partial charge in [-0.05, 0) is 41.5 Å². The second-order valence-electron chi connectivity index (χ2n) is 5.13. The van der Waals surface area contributed by atoms with Crippen molar-refractivity contribution in [1.82, 2.24) is 5.32 Å². The van der Waals surface area contributed by atoms with Gasteiger partial charge in [0.2, 0.25) is 5.91 Å². The van der Waals surface area contributed by atoms with E-state index in [-0.39, 0.29) is 11.8 Å². The van der Waals surface area contributed by atoms with Gasteiger partial charge in [0.15, 0.2) is 0 Å². The quantitative estimate of drug-likeness (QED) is 0.908. The molecular weight excluding hydrogens is 280 g/mol. The molecule has 2 N–H and O–H groups in total. The maximum atomic E-state index is 12.1. The molecule has 0 unspecified atom stereocenters. The lowest BCUT2D eigenvalue weighted by atomic mass is 10.1. The summed E-state index contributed by atoms with van der Waals surface area (Å²) in [7, 11) is 1.59. The number of rotatable bonds is 4. The van der Waals surface area contributed by atoms with Gasteiger partial charge in [0, 0.05) is 17.8 Å². The van der Waals surface area contributed by atoms with E-state index >= 15 is 0 Å². The summed E-state index contributed by atoms with van der Waals surface area (Å²) in [6.07, 6.45) is 0.398. The van der Waals surface area contributed by atoms with E-state index in [1.54, 1.807) is 31.4 Å². The zero-order valence-corrected chi connectivity index (χ0v) is 12.2. The Balaban J connectivity index is 1.63. The van der Waals surface area contributed by atoms with Crippen LogP contribution in [0.25, 0.3) is 0 Å². The zero-order valence-electron chi connectivity index (χ0n) is 12.2. The van der Waals surface area contributed by atoms with E-state index in [4.69, 9.17) is 4.74 Å². The van der Waals surface area contributed by atoms with Crippen molar-refractivity contribution in [3.8, 4) is 5.75 Å². The van der Waals surface area contributed by atoms with Crippen molar-refractivity contribution < 1.29 is 14.3 Å². The van der Waals surface area contributed by atoms with Crippen molar-refractivity contribution in [2.45, 2.75) is 13.0 Å². The third kappa shape index (κ3) is 2.93. The van der Waals surface area contributed by atoms with E-state index < -0.39 is 0 Å². The molecule has 0 fully saturated rings. The number of nitrogens with one attached hydrogen (secondary N) is 2. The predicted molar refractivity (Wildman–Crippen MR) is 82.9 cm³/mol. The third-order valence-electron chi connectivity index (χ3n) is 3.60. The molecule has 0 saturated heterocycles. The van der Waals surface area contributed by atoms with Crippen molar-refractivity contribution in [1.29, 1.82) is 0 Å². The van der Waals surface area contributed by atoms with Gasteiger partial charge in [0.25, 0.3) is 5.91 Å². The molecule has 0 aromatic heterocycles. The first-order valence-electron chi connectivity index (χ1n) is 6.99. The molecule has 0 atom stereocenters. The Morgan fingerprint density at radius 2 is 2.00 bits per heavy atom. The fourth-order valence-corrected chi connectivity index (χ4v) is 2.42. The number of hydrogen-bond acceptors (Lipinski definition) is 3. The zero-order chi connectivity index (χ0) is 15.5. The SMILES string of the molecule is COc1ccc(C(=O)NCc2ccc3c(c2)CC(=O)N3)cc1. The number of anilines is 1. The van der Waals surface area contributed by atoms with Crippen LogP contribution in [-0.4, -0.2) is 18.9 Å². The van der Waals surface area contributed by atoms with Gasteiger partial charge in [0.1, 0.15) is 5.75 Å². The van der Waals surface area contributed by atoms with Gasteiger partial charge in [-0.3, -0.25) is 9.59 Å². The summed E-state index contributed by atoms with van der Waals surface area (Å²) in [5, 5.41) is 5.66. The van der Waals surface area contributed by atoms with Crippen LogP contribution < -0.4 is 15.4 Å². The van der Waals surface area contributed by atoms with Crippen LogP contribution in [0, 0.1) is 0 Å². The molecule has 5 heteroatoms. The summed E-state index contributed by atoms with van der Waals surface area (Å²) in [5.74, 6) is 0.583. The van der Waals surface area contributed by atoms with Crippen LogP contribution in [-0.2, 0) is 17.8 Å². The van der Waals surface area contributed by atoms with Crippen molar-refractivity contribution >= 4 is 17.5 Å². The molecule has 1 aliphatic heterocycles. The highest BCUT2D eigenvalue weighted by Gasteiger charge is 2.17. The molecule has 112 valence electrons. The van der Waals surface area contributed by atoms with Crippen molar-refractivity contribution in [2.75, 3.05) is 12.4 Å². The summed E-state index contributed by atoms with van der Waals surface area (Å²) < 4.78 is 5.06. The lowest BCUT2D eigenvalue weighted by Crippen LogP contribution is -2.22. The van der Waals surface area contributed by atoms with Crippen molar-refractivity contribution in [3.05, 3.63) is 59.2 Å². The van der Waals surface area contributed by atoms with Crippen LogP contribution in [0.3, 0.4) is 0 Å². The lowest BCUT2D eigenvalue weighted by Gasteiger charge is -2.07. The molecule has 2 aromatic carbocycles. The van der Waals surface area contributed by atoms with Gasteiger partial charge < -0.3 is 15.4 Å². The number of ether oxygens (including phenoxy) is 1. The normalized spacial score (nSPS) is 12.5. The van der Waals surface area contributed by atoms with E-state index in [9.17, 15) is 9.59 Å². The minimum atomic E-state index is -0.141. The number of carbonyl (C=O) groups is 2. The Bertz CT molecular complexity index is 723. The molecule has 2 aromatic rings. The fraction of sp³-hybridized carbons (Fsp3) is 0.176. The summed E-state index contributed by atoms with van der Waals surface area (Å²) in [6.45, 7) is 0.423. The second kappa shape index (κ2) is 5.89. The first kappa shape index (κ1) is 14.1. The molecule has 1 heterocycles. The maximum absolute atomic E-state index is 12.1. The number of fused-ring (bicyclic) bond motifs is 1. The topological polar surface area (TPSA) is 67.4 Å². The second-order valence-corrected chi connectivity index (χ2v) is 5.13. The Kier molecular flexibility index (Phi) is 3.78. The van der Waals surface area contributed by atoms with Crippen LogP contribution in [0.5, 0.6) is 5.75 Å². The van der Waals surface area contributed by atoms with Gasteiger partial charge in [-0.2, -0.15) is 0 Å². The first-order chi connectivity index (χ1) is 10.7. The molecule has 0 bridgehead atoms. The molecule has 0 saturated carbocycles. The Hall–Kier alpha value is -2.82. The predicted octanol–water partition coefficient (Wildman–Crippen LogP) is 2.12. The highest BCUT2D eigenvalue weighted by atomic mass is 16.5.